The van der Waals surface area contributed by atoms with Crippen LogP contribution in [0.2, 0.25) is 0 Å². The minimum atomic E-state index is 0.273. The van der Waals surface area contributed by atoms with Gasteiger partial charge in [-0.05, 0) is 37.5 Å². The van der Waals surface area contributed by atoms with Crippen LogP contribution in [0.5, 0.6) is 5.75 Å². The SMILES string of the molecule is CCCC(C)Nc1nc(N)nc(C)c1Cc1cc(Cc2nn[nH]n2)ccc1OC. The Hall–Kier alpha value is -3.23. The highest BCUT2D eigenvalue weighted by molar-refractivity contribution is 5.53. The van der Waals surface area contributed by atoms with Crippen molar-refractivity contribution in [1.29, 1.82) is 0 Å². The van der Waals surface area contributed by atoms with Crippen molar-refractivity contribution < 1.29 is 4.74 Å². The molecule has 0 radical (unpaired) electrons. The zero-order chi connectivity index (χ0) is 20.8. The van der Waals surface area contributed by atoms with Crippen LogP contribution in [-0.4, -0.2) is 43.7 Å². The van der Waals surface area contributed by atoms with Crippen LogP contribution < -0.4 is 15.8 Å². The second-order valence-electron chi connectivity index (χ2n) is 7.16. The lowest BCUT2D eigenvalue weighted by Gasteiger charge is -2.19. The van der Waals surface area contributed by atoms with Gasteiger partial charge in [-0.15, -0.1) is 10.2 Å². The Kier molecular flexibility index (Phi) is 6.58. The molecule has 0 saturated heterocycles. The molecule has 1 unspecified atom stereocenters. The van der Waals surface area contributed by atoms with Crippen LogP contribution >= 0.6 is 0 Å². The third-order valence-electron chi connectivity index (χ3n) is 4.80. The molecule has 29 heavy (non-hydrogen) atoms. The van der Waals surface area contributed by atoms with Crippen molar-refractivity contribution in [3.05, 3.63) is 46.4 Å². The molecular weight excluding hydrogens is 368 g/mol. The molecule has 9 heteroatoms. The topological polar surface area (TPSA) is 128 Å². The van der Waals surface area contributed by atoms with E-state index in [-0.39, 0.29) is 5.95 Å². The van der Waals surface area contributed by atoms with E-state index in [2.05, 4.69) is 55.8 Å². The lowest BCUT2D eigenvalue weighted by molar-refractivity contribution is 0.410. The number of aromatic nitrogens is 6. The third kappa shape index (κ3) is 5.18. The van der Waals surface area contributed by atoms with Crippen molar-refractivity contribution in [3.8, 4) is 5.75 Å². The predicted molar refractivity (Wildman–Crippen MR) is 112 cm³/mol. The molecule has 0 saturated carbocycles. The number of hydrogen-bond donors (Lipinski definition) is 3. The highest BCUT2D eigenvalue weighted by atomic mass is 16.5. The number of ether oxygens (including phenoxy) is 1. The molecular formula is C20H28N8O. The summed E-state index contributed by atoms with van der Waals surface area (Å²) in [6.45, 7) is 6.27. The number of benzene rings is 1. The van der Waals surface area contributed by atoms with Crippen molar-refractivity contribution in [2.45, 2.75) is 52.5 Å². The van der Waals surface area contributed by atoms with Gasteiger partial charge in [0.2, 0.25) is 5.95 Å². The van der Waals surface area contributed by atoms with Gasteiger partial charge in [0.1, 0.15) is 11.6 Å². The first-order valence-electron chi connectivity index (χ1n) is 9.77. The van der Waals surface area contributed by atoms with Gasteiger partial charge in [0, 0.05) is 30.1 Å². The number of nitrogens with two attached hydrogens (primary N) is 1. The average Bonchev–Trinajstić information content (AvgIpc) is 3.18. The van der Waals surface area contributed by atoms with E-state index in [0.717, 1.165) is 46.8 Å². The van der Waals surface area contributed by atoms with Gasteiger partial charge in [-0.1, -0.05) is 30.7 Å². The molecule has 9 nitrogen and oxygen atoms in total. The predicted octanol–water partition coefficient (Wildman–Crippen LogP) is 2.67. The Bertz CT molecular complexity index is 942. The van der Waals surface area contributed by atoms with Crippen LogP contribution in [0.4, 0.5) is 11.8 Å². The number of aryl methyl sites for hydroxylation is 1. The average molecular weight is 396 g/mol. The Balaban J connectivity index is 1.93. The maximum absolute atomic E-state index is 5.92. The second-order valence-corrected chi connectivity index (χ2v) is 7.16. The monoisotopic (exact) mass is 396 g/mol. The largest absolute Gasteiger partial charge is 0.496 e. The number of H-pyrrole nitrogens is 1. The Morgan fingerprint density at radius 3 is 2.76 bits per heavy atom. The first kappa shape index (κ1) is 20.5. The summed E-state index contributed by atoms with van der Waals surface area (Å²) >= 11 is 0. The number of nitrogen functional groups attached to an aromatic ring is 1. The number of nitrogens with one attached hydrogen (secondary N) is 2. The second kappa shape index (κ2) is 9.31. The number of tetrazole rings is 1. The maximum Gasteiger partial charge on any atom is 0.222 e. The molecule has 154 valence electrons. The number of nitrogens with zero attached hydrogens (tertiary/aromatic N) is 5. The van der Waals surface area contributed by atoms with Gasteiger partial charge >= 0.3 is 0 Å². The standard InChI is InChI=1S/C20H28N8O/c1-5-6-12(2)22-19-16(13(3)23-20(21)24-19)11-15-9-14(7-8-17(15)29-4)10-18-25-27-28-26-18/h7-9,12H,5-6,10-11H2,1-4H3,(H3,21,22,23,24)(H,25,26,27,28). The van der Waals surface area contributed by atoms with Crippen molar-refractivity contribution in [1.82, 2.24) is 30.6 Å². The number of hydrogen-bond acceptors (Lipinski definition) is 8. The summed E-state index contributed by atoms with van der Waals surface area (Å²) < 4.78 is 5.60. The van der Waals surface area contributed by atoms with Gasteiger partial charge in [0.05, 0.1) is 7.11 Å². The van der Waals surface area contributed by atoms with E-state index in [9.17, 15) is 0 Å². The van der Waals surface area contributed by atoms with Gasteiger partial charge in [-0.2, -0.15) is 10.2 Å². The van der Waals surface area contributed by atoms with E-state index in [1.165, 1.54) is 0 Å². The van der Waals surface area contributed by atoms with Gasteiger partial charge in [0.15, 0.2) is 5.82 Å². The number of rotatable bonds is 9. The molecule has 1 aromatic carbocycles. The Morgan fingerprint density at radius 1 is 1.24 bits per heavy atom. The number of anilines is 2. The fraction of sp³-hybridized carbons (Fsp3) is 0.450. The van der Waals surface area contributed by atoms with E-state index < -0.39 is 0 Å². The summed E-state index contributed by atoms with van der Waals surface area (Å²) in [5, 5.41) is 17.7. The first-order chi connectivity index (χ1) is 14.0. The van der Waals surface area contributed by atoms with E-state index in [4.69, 9.17) is 10.5 Å². The number of aromatic amines is 1. The smallest absolute Gasteiger partial charge is 0.222 e. The summed E-state index contributed by atoms with van der Waals surface area (Å²) in [6, 6.07) is 6.36. The minimum absolute atomic E-state index is 0.273. The highest BCUT2D eigenvalue weighted by Crippen LogP contribution is 2.28. The molecule has 0 aliphatic rings. The van der Waals surface area contributed by atoms with Crippen LogP contribution in [0.1, 0.15) is 54.9 Å². The molecule has 4 N–H and O–H groups in total. The molecule has 0 fully saturated rings. The van der Waals surface area contributed by atoms with Crippen molar-refractivity contribution in [2.75, 3.05) is 18.2 Å². The summed E-state index contributed by atoms with van der Waals surface area (Å²) in [5.74, 6) is 2.51. The van der Waals surface area contributed by atoms with Crippen molar-refractivity contribution >= 4 is 11.8 Å². The van der Waals surface area contributed by atoms with Gasteiger partial charge in [-0.3, -0.25) is 0 Å². The van der Waals surface area contributed by atoms with E-state index in [1.54, 1.807) is 7.11 Å². The molecule has 3 aromatic rings. The number of methoxy groups -OCH3 is 1. The zero-order valence-electron chi connectivity index (χ0n) is 17.4. The molecule has 0 spiro atoms. The third-order valence-corrected chi connectivity index (χ3v) is 4.80. The summed E-state index contributed by atoms with van der Waals surface area (Å²) in [4.78, 5) is 8.85. The normalized spacial score (nSPS) is 12.0. The van der Waals surface area contributed by atoms with Crippen LogP contribution in [0.25, 0.3) is 0 Å². The fourth-order valence-electron chi connectivity index (χ4n) is 3.40. The van der Waals surface area contributed by atoms with Gasteiger partial charge < -0.3 is 15.8 Å². The highest BCUT2D eigenvalue weighted by Gasteiger charge is 2.16. The van der Waals surface area contributed by atoms with Crippen molar-refractivity contribution in [2.24, 2.45) is 0 Å². The first-order valence-corrected chi connectivity index (χ1v) is 9.77. The molecule has 3 rings (SSSR count). The van der Waals surface area contributed by atoms with Crippen LogP contribution in [0.3, 0.4) is 0 Å². The molecule has 0 bridgehead atoms. The molecule has 2 aromatic heterocycles. The maximum atomic E-state index is 5.92. The van der Waals surface area contributed by atoms with Crippen LogP contribution in [-0.2, 0) is 12.8 Å². The Labute approximate surface area is 170 Å². The van der Waals surface area contributed by atoms with Crippen LogP contribution in [0.15, 0.2) is 18.2 Å². The quantitative estimate of drug-likeness (QED) is 0.504. The lowest BCUT2D eigenvalue weighted by atomic mass is 9.99. The fourth-order valence-corrected chi connectivity index (χ4v) is 3.40. The summed E-state index contributed by atoms with van der Waals surface area (Å²) in [7, 11) is 1.67. The van der Waals surface area contributed by atoms with E-state index in [1.807, 2.05) is 19.1 Å². The Morgan fingerprint density at radius 2 is 2.07 bits per heavy atom. The molecule has 0 amide bonds. The van der Waals surface area contributed by atoms with E-state index in [0.29, 0.717) is 24.7 Å². The molecule has 1 atom stereocenters. The lowest BCUT2D eigenvalue weighted by Crippen LogP contribution is -2.19. The van der Waals surface area contributed by atoms with Crippen molar-refractivity contribution in [3.63, 3.8) is 0 Å². The van der Waals surface area contributed by atoms with E-state index >= 15 is 0 Å². The summed E-state index contributed by atoms with van der Waals surface area (Å²) in [5.41, 5.74) is 9.90. The summed E-state index contributed by atoms with van der Waals surface area (Å²) in [6.07, 6.45) is 3.35. The molecule has 0 aliphatic carbocycles. The zero-order valence-corrected chi connectivity index (χ0v) is 17.4. The van der Waals surface area contributed by atoms with Gasteiger partial charge in [0.25, 0.3) is 0 Å². The van der Waals surface area contributed by atoms with Crippen LogP contribution in [0, 0.1) is 6.92 Å². The molecule has 2 heterocycles. The van der Waals surface area contributed by atoms with Gasteiger partial charge in [-0.25, -0.2) is 4.98 Å². The minimum Gasteiger partial charge on any atom is -0.496 e. The molecule has 0 aliphatic heterocycles.